The normalized spacial score (nSPS) is 16.0. The highest BCUT2D eigenvalue weighted by Crippen LogP contribution is 2.29. The van der Waals surface area contributed by atoms with E-state index in [1.165, 1.54) is 19.2 Å². The fourth-order valence-corrected chi connectivity index (χ4v) is 3.09. The lowest BCUT2D eigenvalue weighted by atomic mass is 10.1. The Morgan fingerprint density at radius 1 is 1.18 bits per heavy atom. The molecule has 2 aromatic rings. The van der Waals surface area contributed by atoms with Gasteiger partial charge in [-0.25, -0.2) is 9.18 Å². The lowest BCUT2D eigenvalue weighted by Crippen LogP contribution is -2.34. The van der Waals surface area contributed by atoms with E-state index in [9.17, 15) is 14.0 Å². The fourth-order valence-electron chi connectivity index (χ4n) is 3.09. The zero-order valence-corrected chi connectivity index (χ0v) is 15.7. The van der Waals surface area contributed by atoms with Crippen molar-refractivity contribution in [3.05, 3.63) is 48.3 Å². The number of amides is 3. The third-order valence-electron chi connectivity index (χ3n) is 4.55. The number of rotatable bonds is 6. The molecule has 0 spiro atoms. The molecular weight excluding hydrogens is 365 g/mol. The number of hydrogen-bond acceptors (Lipinski definition) is 4. The number of benzene rings is 2. The van der Waals surface area contributed by atoms with Gasteiger partial charge in [0.15, 0.2) is 0 Å². The SMILES string of the molecule is COc1ccc(NC(=O)NCC2CC(=O)N(c3ccc(F)cc3)C2)c(OC)c1. The van der Waals surface area contributed by atoms with E-state index >= 15 is 0 Å². The van der Waals surface area contributed by atoms with Crippen molar-refractivity contribution in [2.75, 3.05) is 37.5 Å². The van der Waals surface area contributed by atoms with Crippen LogP contribution >= 0.6 is 0 Å². The van der Waals surface area contributed by atoms with Crippen LogP contribution in [0.3, 0.4) is 0 Å². The van der Waals surface area contributed by atoms with E-state index in [0.717, 1.165) is 0 Å². The smallest absolute Gasteiger partial charge is 0.319 e. The molecule has 8 heteroatoms. The standard InChI is InChI=1S/C20H22FN3O4/c1-27-16-7-8-17(18(10-16)28-2)23-20(26)22-11-13-9-19(25)24(12-13)15-5-3-14(21)4-6-15/h3-8,10,13H,9,11-12H2,1-2H3,(H2,22,23,26). The molecule has 148 valence electrons. The Morgan fingerprint density at radius 3 is 2.61 bits per heavy atom. The van der Waals surface area contributed by atoms with Crippen LogP contribution in [0.2, 0.25) is 0 Å². The van der Waals surface area contributed by atoms with Gasteiger partial charge < -0.3 is 25.0 Å². The summed E-state index contributed by atoms with van der Waals surface area (Å²) >= 11 is 0. The first kappa shape index (κ1) is 19.5. The molecular formula is C20H22FN3O4. The van der Waals surface area contributed by atoms with E-state index in [-0.39, 0.29) is 17.6 Å². The number of urea groups is 1. The number of halogens is 1. The second-order valence-corrected chi connectivity index (χ2v) is 6.45. The maximum Gasteiger partial charge on any atom is 0.319 e. The van der Waals surface area contributed by atoms with Gasteiger partial charge in [-0.1, -0.05) is 0 Å². The molecule has 3 amide bonds. The van der Waals surface area contributed by atoms with Crippen LogP contribution in [0.25, 0.3) is 0 Å². The Hall–Kier alpha value is -3.29. The molecule has 28 heavy (non-hydrogen) atoms. The van der Waals surface area contributed by atoms with Crippen LogP contribution in [0.4, 0.5) is 20.6 Å². The van der Waals surface area contributed by atoms with E-state index < -0.39 is 6.03 Å². The molecule has 1 saturated heterocycles. The quantitative estimate of drug-likeness (QED) is 0.799. The molecule has 0 aliphatic carbocycles. The van der Waals surface area contributed by atoms with Crippen LogP contribution in [-0.4, -0.2) is 39.2 Å². The number of methoxy groups -OCH3 is 2. The largest absolute Gasteiger partial charge is 0.497 e. The van der Waals surface area contributed by atoms with Crippen molar-refractivity contribution in [2.24, 2.45) is 5.92 Å². The van der Waals surface area contributed by atoms with E-state index in [4.69, 9.17) is 9.47 Å². The van der Waals surface area contributed by atoms with Gasteiger partial charge in [0.2, 0.25) is 5.91 Å². The summed E-state index contributed by atoms with van der Waals surface area (Å²) in [4.78, 5) is 26.0. The summed E-state index contributed by atoms with van der Waals surface area (Å²) in [5.74, 6) is 0.678. The van der Waals surface area contributed by atoms with E-state index in [1.54, 1.807) is 42.3 Å². The maximum absolute atomic E-state index is 13.1. The van der Waals surface area contributed by atoms with Crippen LogP contribution < -0.4 is 25.0 Å². The van der Waals surface area contributed by atoms with Crippen LogP contribution in [0, 0.1) is 11.7 Å². The van der Waals surface area contributed by atoms with Gasteiger partial charge in [0.25, 0.3) is 0 Å². The zero-order chi connectivity index (χ0) is 20.1. The third-order valence-corrected chi connectivity index (χ3v) is 4.55. The minimum Gasteiger partial charge on any atom is -0.497 e. The minimum absolute atomic E-state index is 0.0268. The van der Waals surface area contributed by atoms with E-state index in [1.807, 2.05) is 0 Å². The molecule has 2 N–H and O–H groups in total. The molecule has 1 aliphatic rings. The van der Waals surface area contributed by atoms with Gasteiger partial charge >= 0.3 is 6.03 Å². The predicted octanol–water partition coefficient (Wildman–Crippen LogP) is 3.02. The average Bonchev–Trinajstić information content (AvgIpc) is 3.08. The monoisotopic (exact) mass is 387 g/mol. The number of ether oxygens (including phenoxy) is 2. The molecule has 1 aliphatic heterocycles. The molecule has 7 nitrogen and oxygen atoms in total. The van der Waals surface area contributed by atoms with Gasteiger partial charge in [0.1, 0.15) is 17.3 Å². The summed E-state index contributed by atoms with van der Waals surface area (Å²) in [7, 11) is 3.05. The molecule has 1 fully saturated rings. The summed E-state index contributed by atoms with van der Waals surface area (Å²) in [5, 5.41) is 5.51. The Balaban J connectivity index is 1.54. The van der Waals surface area contributed by atoms with Crippen LogP contribution in [-0.2, 0) is 4.79 Å². The van der Waals surface area contributed by atoms with Gasteiger partial charge in [-0.2, -0.15) is 0 Å². The number of nitrogens with zero attached hydrogens (tertiary/aromatic N) is 1. The maximum atomic E-state index is 13.1. The highest BCUT2D eigenvalue weighted by molar-refractivity contribution is 5.96. The van der Waals surface area contributed by atoms with Crippen molar-refractivity contribution >= 4 is 23.3 Å². The summed E-state index contributed by atoms with van der Waals surface area (Å²) in [6.45, 7) is 0.810. The first-order valence-electron chi connectivity index (χ1n) is 8.83. The number of carbonyl (C=O) groups is 2. The first-order valence-corrected chi connectivity index (χ1v) is 8.83. The summed E-state index contributed by atoms with van der Waals surface area (Å²) in [6.07, 6.45) is 0.323. The lowest BCUT2D eigenvalue weighted by molar-refractivity contribution is -0.117. The molecule has 1 atom stereocenters. The summed E-state index contributed by atoms with van der Waals surface area (Å²) in [5.41, 5.74) is 1.16. The second-order valence-electron chi connectivity index (χ2n) is 6.45. The van der Waals surface area contributed by atoms with Crippen molar-refractivity contribution in [1.29, 1.82) is 0 Å². The van der Waals surface area contributed by atoms with Crippen LogP contribution in [0.15, 0.2) is 42.5 Å². The van der Waals surface area contributed by atoms with Gasteiger partial charge in [-0.05, 0) is 36.4 Å². The molecule has 3 rings (SSSR count). The highest BCUT2D eigenvalue weighted by atomic mass is 19.1. The number of anilines is 2. The Labute approximate surface area is 162 Å². The molecule has 0 bridgehead atoms. The predicted molar refractivity (Wildman–Crippen MR) is 103 cm³/mol. The summed E-state index contributed by atoms with van der Waals surface area (Å²) < 4.78 is 23.4. The highest BCUT2D eigenvalue weighted by Gasteiger charge is 2.30. The van der Waals surface area contributed by atoms with Crippen LogP contribution in [0.1, 0.15) is 6.42 Å². The van der Waals surface area contributed by atoms with E-state index in [0.29, 0.717) is 42.4 Å². The van der Waals surface area contributed by atoms with Gasteiger partial charge in [-0.15, -0.1) is 0 Å². The van der Waals surface area contributed by atoms with Crippen LogP contribution in [0.5, 0.6) is 11.5 Å². The molecule has 0 saturated carbocycles. The molecule has 1 heterocycles. The number of nitrogens with one attached hydrogen (secondary N) is 2. The van der Waals surface area contributed by atoms with Gasteiger partial charge in [0, 0.05) is 37.2 Å². The molecule has 1 unspecified atom stereocenters. The van der Waals surface area contributed by atoms with Crippen molar-refractivity contribution in [1.82, 2.24) is 5.32 Å². The number of hydrogen-bond donors (Lipinski definition) is 2. The molecule has 0 radical (unpaired) electrons. The number of carbonyl (C=O) groups excluding carboxylic acids is 2. The fraction of sp³-hybridized carbons (Fsp3) is 0.300. The van der Waals surface area contributed by atoms with Crippen molar-refractivity contribution in [2.45, 2.75) is 6.42 Å². The van der Waals surface area contributed by atoms with E-state index in [2.05, 4.69) is 10.6 Å². The second kappa shape index (κ2) is 8.60. The zero-order valence-electron chi connectivity index (χ0n) is 15.7. The Morgan fingerprint density at radius 2 is 1.93 bits per heavy atom. The average molecular weight is 387 g/mol. The Bertz CT molecular complexity index is 857. The minimum atomic E-state index is -0.392. The van der Waals surface area contributed by atoms with Crippen molar-refractivity contribution < 1.29 is 23.5 Å². The third kappa shape index (κ3) is 4.51. The van der Waals surface area contributed by atoms with Crippen molar-refractivity contribution in [3.8, 4) is 11.5 Å². The molecule has 2 aromatic carbocycles. The molecule has 0 aromatic heterocycles. The summed E-state index contributed by atoms with van der Waals surface area (Å²) in [6, 6.07) is 10.5. The first-order chi connectivity index (χ1) is 13.5. The van der Waals surface area contributed by atoms with Gasteiger partial charge in [0.05, 0.1) is 19.9 Å². The van der Waals surface area contributed by atoms with Gasteiger partial charge in [-0.3, -0.25) is 4.79 Å². The Kier molecular flexibility index (Phi) is 5.98. The van der Waals surface area contributed by atoms with Crippen molar-refractivity contribution in [3.63, 3.8) is 0 Å². The topological polar surface area (TPSA) is 79.9 Å². The lowest BCUT2D eigenvalue weighted by Gasteiger charge is -2.17.